The highest BCUT2D eigenvalue weighted by Crippen LogP contribution is 2.33. The van der Waals surface area contributed by atoms with Gasteiger partial charge in [-0.15, -0.1) is 10.1 Å². The number of hydrogen-bond acceptors (Lipinski definition) is 14. The lowest BCUT2D eigenvalue weighted by atomic mass is 9.97. The van der Waals surface area contributed by atoms with Gasteiger partial charge < -0.3 is 29.3 Å². The van der Waals surface area contributed by atoms with Crippen LogP contribution in [0.25, 0.3) is 17.3 Å². The number of benzene rings is 2. The summed E-state index contributed by atoms with van der Waals surface area (Å²) in [5.41, 5.74) is 1.75. The Morgan fingerprint density at radius 3 is 2.37 bits per heavy atom. The van der Waals surface area contributed by atoms with Crippen molar-refractivity contribution in [2.75, 3.05) is 31.3 Å². The first kappa shape index (κ1) is 42.9. The zero-order valence-electron chi connectivity index (χ0n) is 30.4. The maximum atomic E-state index is 13.8. The smallest absolute Gasteiger partial charge is 0.338 e. The van der Waals surface area contributed by atoms with E-state index in [9.17, 15) is 42.7 Å². The van der Waals surface area contributed by atoms with Crippen molar-refractivity contribution in [3.05, 3.63) is 87.9 Å². The highest BCUT2D eigenvalue weighted by atomic mass is 32.2. The van der Waals surface area contributed by atoms with Crippen molar-refractivity contribution in [2.24, 2.45) is 0 Å². The number of nitrogens with zero attached hydrogens (tertiary/aromatic N) is 4. The van der Waals surface area contributed by atoms with Gasteiger partial charge in [0.15, 0.2) is 11.5 Å². The van der Waals surface area contributed by atoms with Gasteiger partial charge >= 0.3 is 11.9 Å². The second-order valence-corrected chi connectivity index (χ2v) is 14.4. The second kappa shape index (κ2) is 19.6. The number of sulfonamides is 1. The molecule has 1 aromatic heterocycles. The number of aliphatic hydroxyl groups is 2. The van der Waals surface area contributed by atoms with Crippen molar-refractivity contribution in [3.8, 4) is 28.5 Å². The number of hydrogen-bond donors (Lipinski definition) is 2. The van der Waals surface area contributed by atoms with Gasteiger partial charge in [-0.05, 0) is 61.6 Å². The van der Waals surface area contributed by atoms with Gasteiger partial charge in [0.25, 0.3) is 5.09 Å². The van der Waals surface area contributed by atoms with Crippen LogP contribution in [0, 0.1) is 15.9 Å². The minimum atomic E-state index is -3.73. The monoisotopic (exact) mass is 774 g/mol. The van der Waals surface area contributed by atoms with E-state index in [4.69, 9.17) is 14.2 Å². The third kappa shape index (κ3) is 12.9. The molecule has 0 aliphatic carbocycles. The summed E-state index contributed by atoms with van der Waals surface area (Å²) >= 11 is 0. The van der Waals surface area contributed by atoms with E-state index in [1.54, 1.807) is 0 Å². The molecular formula is C36H43FN4O12S. The molecule has 3 rings (SSSR count). The third-order valence-electron chi connectivity index (χ3n) is 7.74. The number of rotatable bonds is 20. The van der Waals surface area contributed by atoms with Gasteiger partial charge in [0.05, 0.1) is 50.0 Å². The van der Waals surface area contributed by atoms with Crippen molar-refractivity contribution in [1.29, 1.82) is 0 Å². The summed E-state index contributed by atoms with van der Waals surface area (Å²) < 4.78 is 55.2. The summed E-state index contributed by atoms with van der Waals surface area (Å²) in [4.78, 5) is 48.5. The molecule has 0 aliphatic rings. The van der Waals surface area contributed by atoms with Gasteiger partial charge in [-0.1, -0.05) is 32.6 Å². The van der Waals surface area contributed by atoms with Gasteiger partial charge in [-0.2, -0.15) is 0 Å². The maximum Gasteiger partial charge on any atom is 0.338 e. The highest BCUT2D eigenvalue weighted by molar-refractivity contribution is 7.92. The van der Waals surface area contributed by atoms with E-state index in [0.717, 1.165) is 10.6 Å². The molecule has 18 heteroatoms. The molecule has 0 spiro atoms. The molecule has 0 radical (unpaired) electrons. The Morgan fingerprint density at radius 2 is 1.76 bits per heavy atom. The zero-order valence-corrected chi connectivity index (χ0v) is 31.2. The molecule has 2 N–H and O–H groups in total. The van der Waals surface area contributed by atoms with Gasteiger partial charge in [-0.25, -0.2) is 31.9 Å². The summed E-state index contributed by atoms with van der Waals surface area (Å²) in [5.74, 6) is -2.33. The summed E-state index contributed by atoms with van der Waals surface area (Å²) in [6, 6.07) is 9.41. The number of aromatic nitrogens is 2. The minimum absolute atomic E-state index is 0.0286. The first-order valence-electron chi connectivity index (χ1n) is 16.6. The number of halogens is 1. The second-order valence-electron chi connectivity index (χ2n) is 12.4. The third-order valence-corrected chi connectivity index (χ3v) is 8.89. The number of anilines is 1. The van der Waals surface area contributed by atoms with Crippen molar-refractivity contribution < 1.29 is 56.7 Å². The molecule has 16 nitrogen and oxygen atoms in total. The van der Waals surface area contributed by atoms with Gasteiger partial charge in [0.2, 0.25) is 16.0 Å². The molecule has 1 heterocycles. The van der Waals surface area contributed by atoms with Crippen LogP contribution < -0.4 is 18.5 Å². The van der Waals surface area contributed by atoms with E-state index in [1.165, 1.54) is 68.8 Å². The number of esters is 2. The Balaban J connectivity index is 1.68. The predicted octanol–water partition coefficient (Wildman–Crippen LogP) is 4.77. The lowest BCUT2D eigenvalue weighted by molar-refractivity contribution is -0.757. The number of ether oxygens (including phenoxy) is 3. The summed E-state index contributed by atoms with van der Waals surface area (Å²) in [5, 5.41) is 30.7. The van der Waals surface area contributed by atoms with E-state index in [2.05, 4.69) is 21.4 Å². The Kier molecular flexibility index (Phi) is 15.6. The van der Waals surface area contributed by atoms with Crippen LogP contribution in [-0.2, 0) is 24.4 Å². The maximum absolute atomic E-state index is 13.8. The van der Waals surface area contributed by atoms with E-state index in [0.29, 0.717) is 29.7 Å². The largest absolute Gasteiger partial charge is 0.493 e. The molecule has 0 saturated carbocycles. The lowest BCUT2D eigenvalue weighted by Crippen LogP contribution is -2.27. The van der Waals surface area contributed by atoms with Crippen LogP contribution in [0.1, 0.15) is 63.1 Å². The topological polar surface area (TPSA) is 218 Å². The lowest BCUT2D eigenvalue weighted by Gasteiger charge is -2.20. The Morgan fingerprint density at radius 1 is 1.07 bits per heavy atom. The fourth-order valence-electron chi connectivity index (χ4n) is 4.86. The molecule has 0 fully saturated rings. The molecule has 2 aromatic carbocycles. The first-order chi connectivity index (χ1) is 25.4. The van der Waals surface area contributed by atoms with E-state index >= 15 is 0 Å². The van der Waals surface area contributed by atoms with Crippen LogP contribution in [0.15, 0.2) is 60.7 Å². The van der Waals surface area contributed by atoms with Crippen LogP contribution in [0.3, 0.4) is 0 Å². The molecule has 292 valence electrons. The SMILES string of the molecule is C=C(CCCCO[N+](=O)[O-])C(=O)Oc1ccc(OC(=O)C[C@H](O)C[C@H](O)/C=C/c2c(-c3ccc(F)cc3)nc(N(C)S(C)(=O)=O)nc2C(C)C)c(OC)c1. The fourth-order valence-corrected chi connectivity index (χ4v) is 5.24. The summed E-state index contributed by atoms with van der Waals surface area (Å²) in [6.45, 7) is 7.23. The highest BCUT2D eigenvalue weighted by Gasteiger charge is 2.23. The number of methoxy groups -OCH3 is 1. The molecule has 2 atom stereocenters. The number of aliphatic hydroxyl groups excluding tert-OH is 2. The van der Waals surface area contributed by atoms with Crippen LogP contribution in [-0.4, -0.2) is 84.9 Å². The molecule has 0 amide bonds. The number of carbonyl (C=O) groups is 2. The molecule has 0 bridgehead atoms. The van der Waals surface area contributed by atoms with E-state index in [-0.39, 0.29) is 59.8 Å². The van der Waals surface area contributed by atoms with E-state index < -0.39 is 51.5 Å². The molecule has 54 heavy (non-hydrogen) atoms. The van der Waals surface area contributed by atoms with Crippen LogP contribution in [0.5, 0.6) is 17.2 Å². The average Bonchev–Trinajstić information content (AvgIpc) is 3.10. The first-order valence-corrected chi connectivity index (χ1v) is 18.5. The fraction of sp³-hybridized carbons (Fsp3) is 0.389. The molecule has 3 aromatic rings. The van der Waals surface area contributed by atoms with Crippen molar-refractivity contribution in [2.45, 2.75) is 64.1 Å². The van der Waals surface area contributed by atoms with Gasteiger partial charge in [0.1, 0.15) is 11.6 Å². The quantitative estimate of drug-likeness (QED) is 0.0395. The Hall–Kier alpha value is -5.46. The number of carbonyl (C=O) groups excluding carboxylic acids is 2. The zero-order chi connectivity index (χ0) is 40.2. The Labute approximate surface area is 312 Å². The van der Waals surface area contributed by atoms with Crippen LogP contribution in [0.4, 0.5) is 10.3 Å². The van der Waals surface area contributed by atoms with Gasteiger partial charge in [-0.3, -0.25) is 4.79 Å². The predicted molar refractivity (Wildman–Crippen MR) is 195 cm³/mol. The molecule has 0 unspecified atom stereocenters. The normalized spacial score (nSPS) is 12.6. The van der Waals surface area contributed by atoms with Crippen molar-refractivity contribution in [3.63, 3.8) is 0 Å². The summed E-state index contributed by atoms with van der Waals surface area (Å²) in [7, 11) is -1.11. The van der Waals surface area contributed by atoms with Crippen molar-refractivity contribution in [1.82, 2.24) is 9.97 Å². The standard InChI is InChI=1S/C36H43FN4O12S/c1-22(2)33-29(34(24-10-12-25(37)13-11-24)39-36(38-33)40(4)54(6,48)49)16-14-26(42)19-27(43)20-32(44)53-30-17-15-28(21-31(30)50-5)52-35(45)23(3)9-7-8-18-51-41(46)47/h10-17,21-22,26-27,42-43H,3,7-9,18-20H2,1-2,4-6H3/b16-14+/t26-,27-/m1/s1. The van der Waals surface area contributed by atoms with E-state index in [1.807, 2.05) is 13.8 Å². The average molecular weight is 775 g/mol. The summed E-state index contributed by atoms with van der Waals surface area (Å²) in [6.07, 6.45) is 1.48. The molecular weight excluding hydrogens is 731 g/mol. The number of unbranched alkanes of at least 4 members (excludes halogenated alkanes) is 1. The van der Waals surface area contributed by atoms with Gasteiger partial charge in [0, 0.05) is 36.2 Å². The Bertz CT molecular complexity index is 1960. The van der Waals surface area contributed by atoms with Crippen LogP contribution >= 0.6 is 0 Å². The minimum Gasteiger partial charge on any atom is -0.493 e. The van der Waals surface area contributed by atoms with Crippen LogP contribution in [0.2, 0.25) is 0 Å². The molecule has 0 saturated heterocycles. The molecule has 0 aliphatic heterocycles. The van der Waals surface area contributed by atoms with Crippen molar-refractivity contribution >= 4 is 34.0 Å².